The molecule has 0 aromatic heterocycles. The summed E-state index contributed by atoms with van der Waals surface area (Å²) < 4.78 is 5.31. The zero-order valence-electron chi connectivity index (χ0n) is 9.39. The van der Waals surface area contributed by atoms with Crippen LogP contribution in [0.25, 0.3) is 0 Å². The Hall–Kier alpha value is -0.456. The van der Waals surface area contributed by atoms with Crippen molar-refractivity contribution in [1.29, 1.82) is 0 Å². The van der Waals surface area contributed by atoms with Gasteiger partial charge in [-0.25, -0.2) is 0 Å². The van der Waals surface area contributed by atoms with Crippen LogP contribution in [0, 0.1) is 0 Å². The second-order valence-electron chi connectivity index (χ2n) is 4.55. The molecule has 3 aliphatic rings. The predicted octanol–water partition coefficient (Wildman–Crippen LogP) is 4.14. The monoisotopic (exact) mass is 284 g/mol. The third-order valence-corrected chi connectivity index (χ3v) is 12.1. The van der Waals surface area contributed by atoms with Gasteiger partial charge in [-0.3, -0.25) is 0 Å². The van der Waals surface area contributed by atoms with E-state index in [1.165, 1.54) is 19.3 Å². The van der Waals surface area contributed by atoms with Crippen molar-refractivity contribution < 1.29 is 27.4 Å². The van der Waals surface area contributed by atoms with Crippen molar-refractivity contribution in [1.82, 2.24) is 0 Å². The Morgan fingerprint density at radius 2 is 1.00 bits per heavy atom. The van der Waals surface area contributed by atoms with E-state index in [1.54, 1.807) is 7.15 Å². The predicted molar refractivity (Wildman–Crippen MR) is 65.5 cm³/mol. The molecule has 0 atom stereocenters. The van der Waals surface area contributed by atoms with E-state index in [0.29, 0.717) is 0 Å². The number of hydrogen-bond donors (Lipinski definition) is 0. The summed E-state index contributed by atoms with van der Waals surface area (Å²) in [6.45, 7) is 0. The van der Waals surface area contributed by atoms with E-state index in [2.05, 4.69) is 54.7 Å². The van der Waals surface area contributed by atoms with Crippen LogP contribution < -0.4 is 0 Å². The van der Waals surface area contributed by atoms with Crippen LogP contribution in [0.4, 0.5) is 0 Å². The van der Waals surface area contributed by atoms with Crippen molar-refractivity contribution in [2.45, 2.75) is 19.3 Å². The van der Waals surface area contributed by atoms with Crippen molar-refractivity contribution in [3.8, 4) is 0 Å². The molecule has 0 heterocycles. The van der Waals surface area contributed by atoms with E-state index in [-0.39, 0.29) is 0 Å². The summed E-state index contributed by atoms with van der Waals surface area (Å²) in [7, 11) is 0. The number of hydrogen-bond acceptors (Lipinski definition) is 0. The molecule has 78 valence electrons. The fraction of sp³-hybridized carbons (Fsp3) is 0.200. The Balaban J connectivity index is 1.89. The molecule has 0 amide bonds. The fourth-order valence-corrected chi connectivity index (χ4v) is 11.2. The van der Waals surface area contributed by atoms with Crippen LogP contribution in [-0.4, -0.2) is 0 Å². The van der Waals surface area contributed by atoms with Crippen molar-refractivity contribution >= 4 is 0 Å². The average molecular weight is 284 g/mol. The fourth-order valence-electron chi connectivity index (χ4n) is 2.75. The molecular formula is C15H15Y. The van der Waals surface area contributed by atoms with Crippen molar-refractivity contribution in [2.24, 2.45) is 0 Å². The summed E-state index contributed by atoms with van der Waals surface area (Å²) in [5, 5.41) is 0. The van der Waals surface area contributed by atoms with Gasteiger partial charge in [0.1, 0.15) is 0 Å². The van der Waals surface area contributed by atoms with E-state index in [4.69, 9.17) is 0 Å². The first-order chi connectivity index (χ1) is 7.95. The normalized spacial score (nSPS) is 21.4. The second kappa shape index (κ2) is 4.81. The topological polar surface area (TPSA) is 0 Å². The molecule has 0 unspecified atom stereocenters. The van der Waals surface area contributed by atoms with Gasteiger partial charge >= 0.3 is 109 Å². The zero-order valence-corrected chi connectivity index (χ0v) is 12.2. The van der Waals surface area contributed by atoms with Crippen LogP contribution in [0.15, 0.2) is 61.8 Å². The molecule has 0 aromatic rings. The molecule has 0 N–H and O–H groups in total. The molecule has 3 aliphatic carbocycles. The summed E-state index contributed by atoms with van der Waals surface area (Å²) in [6.07, 6.45) is 24.5. The standard InChI is InChI=1S/3C5H5.Y/c3*1-2-4-5-3-1;/h3*1-3H,4H2;. The Bertz CT molecular complexity index is 398. The number of rotatable bonds is 3. The van der Waals surface area contributed by atoms with Crippen molar-refractivity contribution in [2.75, 3.05) is 0 Å². The van der Waals surface area contributed by atoms with E-state index < -0.39 is 27.4 Å². The van der Waals surface area contributed by atoms with E-state index in [0.717, 1.165) is 0 Å². The van der Waals surface area contributed by atoms with Gasteiger partial charge in [0.15, 0.2) is 0 Å². The summed E-state index contributed by atoms with van der Waals surface area (Å²) in [6, 6.07) is 0. The van der Waals surface area contributed by atoms with E-state index >= 15 is 0 Å². The van der Waals surface area contributed by atoms with Crippen LogP contribution >= 0.6 is 0 Å². The SMILES string of the molecule is C1=CC[C]([Y]([C]2=CC=CC2)[C]2=CC=CC2)=C1. The van der Waals surface area contributed by atoms with Crippen LogP contribution in [0.5, 0.6) is 0 Å². The first-order valence-corrected chi connectivity index (χ1v) is 10.3. The van der Waals surface area contributed by atoms with E-state index in [1.807, 2.05) is 0 Å². The van der Waals surface area contributed by atoms with Gasteiger partial charge in [-0.05, 0) is 0 Å². The minimum absolute atomic E-state index is 1.22. The summed E-state index contributed by atoms with van der Waals surface area (Å²) in [5.41, 5.74) is 0. The van der Waals surface area contributed by atoms with Crippen LogP contribution in [0.1, 0.15) is 19.3 Å². The molecule has 0 saturated heterocycles. The molecule has 0 saturated carbocycles. The summed E-state index contributed by atoms with van der Waals surface area (Å²) >= 11 is -1.79. The van der Waals surface area contributed by atoms with Gasteiger partial charge in [-0.1, -0.05) is 0 Å². The molecule has 1 heteroatoms. The molecule has 3 rings (SSSR count). The summed E-state index contributed by atoms with van der Waals surface area (Å²) in [5.74, 6) is 0. The second-order valence-corrected chi connectivity index (χ2v) is 12.2. The summed E-state index contributed by atoms with van der Waals surface area (Å²) in [4.78, 5) is 0. The first kappa shape index (κ1) is 10.7. The van der Waals surface area contributed by atoms with Crippen molar-refractivity contribution in [3.63, 3.8) is 0 Å². The van der Waals surface area contributed by atoms with Gasteiger partial charge in [0.2, 0.25) is 0 Å². The average Bonchev–Trinajstić information content (AvgIpc) is 3.02. The van der Waals surface area contributed by atoms with Crippen LogP contribution in [0.3, 0.4) is 0 Å². The Labute approximate surface area is 108 Å². The third-order valence-electron chi connectivity index (χ3n) is 3.51. The van der Waals surface area contributed by atoms with Crippen LogP contribution in [-0.2, 0) is 27.4 Å². The molecule has 0 fully saturated rings. The number of allylic oxidation sites excluding steroid dienone is 12. The first-order valence-electron chi connectivity index (χ1n) is 6.02. The van der Waals surface area contributed by atoms with Gasteiger partial charge < -0.3 is 0 Å². The Morgan fingerprint density at radius 3 is 1.25 bits per heavy atom. The molecule has 16 heavy (non-hydrogen) atoms. The maximum atomic E-state index is 2.39. The van der Waals surface area contributed by atoms with Gasteiger partial charge in [-0.15, -0.1) is 0 Å². The molecule has 0 spiro atoms. The molecule has 0 nitrogen and oxygen atoms in total. The molecular weight excluding hydrogens is 269 g/mol. The molecule has 0 aliphatic heterocycles. The van der Waals surface area contributed by atoms with Gasteiger partial charge in [0, 0.05) is 0 Å². The van der Waals surface area contributed by atoms with Gasteiger partial charge in [0.25, 0.3) is 0 Å². The quantitative estimate of drug-likeness (QED) is 0.730. The Kier molecular flexibility index (Phi) is 3.21. The zero-order chi connectivity index (χ0) is 10.8. The molecule has 0 radical (unpaired) electrons. The molecule has 0 aromatic carbocycles. The van der Waals surface area contributed by atoms with Crippen LogP contribution in [0.2, 0.25) is 0 Å². The third kappa shape index (κ3) is 2.01. The molecule has 0 bridgehead atoms. The van der Waals surface area contributed by atoms with Gasteiger partial charge in [0.05, 0.1) is 0 Å². The Morgan fingerprint density at radius 1 is 0.625 bits per heavy atom. The minimum atomic E-state index is -1.79. The maximum absolute atomic E-state index is 2.39. The van der Waals surface area contributed by atoms with Crippen molar-refractivity contribution in [3.05, 3.63) is 61.8 Å². The van der Waals surface area contributed by atoms with Gasteiger partial charge in [-0.2, -0.15) is 0 Å². The van der Waals surface area contributed by atoms with E-state index in [9.17, 15) is 0 Å².